The second-order valence-corrected chi connectivity index (χ2v) is 9.96. The Morgan fingerprint density at radius 1 is 1.25 bits per heavy atom. The molecular weight excluding hydrogens is 404 g/mol. The van der Waals surface area contributed by atoms with Crippen molar-refractivity contribution < 1.29 is 23.1 Å². The van der Waals surface area contributed by atoms with Gasteiger partial charge in [-0.05, 0) is 49.8 Å². The van der Waals surface area contributed by atoms with Gasteiger partial charge in [0.05, 0.1) is 11.3 Å². The van der Waals surface area contributed by atoms with Gasteiger partial charge in [-0.3, -0.25) is 4.79 Å². The molecule has 28 heavy (non-hydrogen) atoms. The summed E-state index contributed by atoms with van der Waals surface area (Å²) in [5.41, 5.74) is 0.503. The summed E-state index contributed by atoms with van der Waals surface area (Å²) in [6.45, 7) is 2.20. The number of carbonyl (C=O) groups excluding carboxylic acids is 1. The van der Waals surface area contributed by atoms with Crippen LogP contribution in [0.1, 0.15) is 36.0 Å². The largest absolute Gasteiger partial charge is 0.489 e. The third kappa shape index (κ3) is 5.17. The molecule has 9 heteroatoms. The van der Waals surface area contributed by atoms with Crippen molar-refractivity contribution in [3.63, 3.8) is 0 Å². The van der Waals surface area contributed by atoms with Crippen LogP contribution in [0.2, 0.25) is 5.02 Å². The molecule has 0 saturated carbocycles. The number of benzene rings is 1. The SMILES string of the molecule is CS(=O)(=O)N1CCC(Oc2ccc(C(=O)N3CCC[C@@H](CO)C3)cc2Cl)CC1. The van der Waals surface area contributed by atoms with Crippen molar-refractivity contribution in [3.05, 3.63) is 28.8 Å². The lowest BCUT2D eigenvalue weighted by Gasteiger charge is -2.32. The Hall–Kier alpha value is -1.35. The first-order valence-corrected chi connectivity index (χ1v) is 11.8. The first kappa shape index (κ1) is 21.4. The number of ether oxygens (including phenoxy) is 1. The predicted molar refractivity (Wildman–Crippen MR) is 107 cm³/mol. The van der Waals surface area contributed by atoms with Gasteiger partial charge in [-0.1, -0.05) is 11.6 Å². The molecule has 2 heterocycles. The normalized spacial score (nSPS) is 22.2. The summed E-state index contributed by atoms with van der Waals surface area (Å²) in [6.07, 6.45) is 4.13. The van der Waals surface area contributed by atoms with Crippen molar-refractivity contribution >= 4 is 27.5 Å². The maximum Gasteiger partial charge on any atom is 0.253 e. The molecular formula is C19H27ClN2O5S. The number of hydrogen-bond acceptors (Lipinski definition) is 5. The van der Waals surface area contributed by atoms with Crippen molar-refractivity contribution in [2.75, 3.05) is 39.0 Å². The smallest absolute Gasteiger partial charge is 0.253 e. The van der Waals surface area contributed by atoms with Gasteiger partial charge >= 0.3 is 0 Å². The van der Waals surface area contributed by atoms with Crippen LogP contribution in [0.5, 0.6) is 5.75 Å². The Morgan fingerprint density at radius 3 is 2.57 bits per heavy atom. The molecule has 2 saturated heterocycles. The third-order valence-corrected chi connectivity index (χ3v) is 7.01. The molecule has 2 fully saturated rings. The van der Waals surface area contributed by atoms with E-state index in [1.165, 1.54) is 10.6 Å². The lowest BCUT2D eigenvalue weighted by molar-refractivity contribution is 0.0620. The molecule has 1 N–H and O–H groups in total. The quantitative estimate of drug-likeness (QED) is 0.771. The second-order valence-electron chi connectivity index (χ2n) is 7.57. The van der Waals surface area contributed by atoms with Gasteiger partial charge in [0.2, 0.25) is 10.0 Å². The number of hydrogen-bond donors (Lipinski definition) is 1. The summed E-state index contributed by atoms with van der Waals surface area (Å²) in [7, 11) is -3.17. The van der Waals surface area contributed by atoms with Crippen LogP contribution in [0, 0.1) is 5.92 Å². The molecule has 2 aliphatic heterocycles. The van der Waals surface area contributed by atoms with Crippen LogP contribution in [0.3, 0.4) is 0 Å². The summed E-state index contributed by atoms with van der Waals surface area (Å²) in [5, 5.41) is 9.71. The number of carbonyl (C=O) groups is 1. The average Bonchev–Trinajstić information content (AvgIpc) is 2.68. The van der Waals surface area contributed by atoms with Gasteiger partial charge in [-0.2, -0.15) is 0 Å². The minimum absolute atomic E-state index is 0.0898. The van der Waals surface area contributed by atoms with E-state index < -0.39 is 10.0 Å². The fourth-order valence-corrected chi connectivity index (χ4v) is 4.87. The van der Waals surface area contributed by atoms with Gasteiger partial charge in [-0.15, -0.1) is 0 Å². The van der Waals surface area contributed by atoms with E-state index in [0.717, 1.165) is 12.8 Å². The van der Waals surface area contributed by atoms with Crippen LogP contribution >= 0.6 is 11.6 Å². The first-order chi connectivity index (χ1) is 13.3. The van der Waals surface area contributed by atoms with Crippen LogP contribution in [0.4, 0.5) is 0 Å². The van der Waals surface area contributed by atoms with Crippen LogP contribution in [-0.2, 0) is 10.0 Å². The monoisotopic (exact) mass is 430 g/mol. The predicted octanol–water partition coefficient (Wildman–Crippen LogP) is 1.99. The van der Waals surface area contributed by atoms with Crippen molar-refractivity contribution in [1.29, 1.82) is 0 Å². The minimum Gasteiger partial charge on any atom is -0.489 e. The molecule has 1 aromatic carbocycles. The molecule has 156 valence electrons. The summed E-state index contributed by atoms with van der Waals surface area (Å²) in [6, 6.07) is 5.02. The molecule has 0 spiro atoms. The molecule has 1 amide bonds. The lowest BCUT2D eigenvalue weighted by atomic mass is 9.98. The Kier molecular flexibility index (Phi) is 6.85. The highest BCUT2D eigenvalue weighted by Gasteiger charge is 2.27. The van der Waals surface area contributed by atoms with Crippen molar-refractivity contribution in [2.24, 2.45) is 5.92 Å². The summed E-state index contributed by atoms with van der Waals surface area (Å²) < 4.78 is 30.6. The van der Waals surface area contributed by atoms with E-state index in [0.29, 0.717) is 55.4 Å². The number of aliphatic hydroxyl groups is 1. The molecule has 0 aliphatic carbocycles. The van der Waals surface area contributed by atoms with Gasteiger partial charge in [0.25, 0.3) is 5.91 Å². The van der Waals surface area contributed by atoms with Gasteiger partial charge in [0.1, 0.15) is 11.9 Å². The number of rotatable bonds is 5. The molecule has 0 bridgehead atoms. The standard InChI is InChI=1S/C19H27ClN2O5S/c1-28(25,26)22-9-6-16(7-10-22)27-18-5-4-15(11-17(18)20)19(24)21-8-2-3-14(12-21)13-23/h4-5,11,14,16,23H,2-3,6-10,12-13H2,1H3/t14-/m1/s1. The van der Waals surface area contributed by atoms with Crippen LogP contribution in [-0.4, -0.2) is 73.8 Å². The maximum atomic E-state index is 12.7. The van der Waals surface area contributed by atoms with Crippen molar-refractivity contribution in [3.8, 4) is 5.75 Å². The molecule has 0 radical (unpaired) electrons. The zero-order valence-electron chi connectivity index (χ0n) is 16.0. The van der Waals surface area contributed by atoms with Gasteiger partial charge < -0.3 is 14.7 Å². The highest BCUT2D eigenvalue weighted by Crippen LogP contribution is 2.29. The molecule has 1 atom stereocenters. The van der Waals surface area contributed by atoms with Crippen LogP contribution < -0.4 is 4.74 Å². The lowest BCUT2D eigenvalue weighted by Crippen LogP contribution is -2.41. The summed E-state index contributed by atoms with van der Waals surface area (Å²) >= 11 is 6.35. The fourth-order valence-electron chi connectivity index (χ4n) is 3.77. The van der Waals surface area contributed by atoms with E-state index >= 15 is 0 Å². The minimum atomic E-state index is -3.17. The Balaban J connectivity index is 1.61. The van der Waals surface area contributed by atoms with E-state index in [4.69, 9.17) is 16.3 Å². The zero-order valence-corrected chi connectivity index (χ0v) is 17.6. The number of aliphatic hydroxyl groups excluding tert-OH is 1. The molecule has 0 unspecified atom stereocenters. The van der Waals surface area contributed by atoms with E-state index in [9.17, 15) is 18.3 Å². The van der Waals surface area contributed by atoms with E-state index in [1.54, 1.807) is 23.1 Å². The van der Waals surface area contributed by atoms with Crippen molar-refractivity contribution in [2.45, 2.75) is 31.8 Å². The summed E-state index contributed by atoms with van der Waals surface area (Å²) in [4.78, 5) is 14.5. The summed E-state index contributed by atoms with van der Waals surface area (Å²) in [5.74, 6) is 0.546. The topological polar surface area (TPSA) is 87.2 Å². The first-order valence-electron chi connectivity index (χ1n) is 9.59. The number of halogens is 1. The van der Waals surface area contributed by atoms with Crippen molar-refractivity contribution in [1.82, 2.24) is 9.21 Å². The average molecular weight is 431 g/mol. The number of likely N-dealkylation sites (tertiary alicyclic amines) is 1. The Labute approximate surface area is 171 Å². The molecule has 7 nitrogen and oxygen atoms in total. The molecule has 1 aromatic rings. The Bertz CT molecular complexity index is 809. The maximum absolute atomic E-state index is 12.7. The van der Waals surface area contributed by atoms with Gasteiger partial charge in [0.15, 0.2) is 0 Å². The van der Waals surface area contributed by atoms with Crippen LogP contribution in [0.25, 0.3) is 0 Å². The molecule has 0 aromatic heterocycles. The third-order valence-electron chi connectivity index (χ3n) is 5.41. The number of amides is 1. The highest BCUT2D eigenvalue weighted by atomic mass is 35.5. The molecule has 2 aliphatic rings. The molecule has 3 rings (SSSR count). The number of sulfonamides is 1. The zero-order chi connectivity index (χ0) is 20.3. The van der Waals surface area contributed by atoms with Gasteiger partial charge in [0, 0.05) is 38.3 Å². The Morgan fingerprint density at radius 2 is 1.96 bits per heavy atom. The van der Waals surface area contributed by atoms with Crippen LogP contribution in [0.15, 0.2) is 18.2 Å². The van der Waals surface area contributed by atoms with E-state index in [1.807, 2.05) is 0 Å². The number of nitrogens with zero attached hydrogens (tertiary/aromatic N) is 2. The second kappa shape index (κ2) is 8.98. The van der Waals surface area contributed by atoms with E-state index in [2.05, 4.69) is 0 Å². The highest BCUT2D eigenvalue weighted by molar-refractivity contribution is 7.88. The van der Waals surface area contributed by atoms with Gasteiger partial charge in [-0.25, -0.2) is 12.7 Å². The number of piperidine rings is 2. The fraction of sp³-hybridized carbons (Fsp3) is 0.632. The van der Waals surface area contributed by atoms with E-state index in [-0.39, 0.29) is 24.5 Å².